The Morgan fingerprint density at radius 3 is 2.39 bits per heavy atom. The topological polar surface area (TPSA) is 52.6 Å². The van der Waals surface area contributed by atoms with E-state index in [0.29, 0.717) is 28.5 Å². The molecule has 0 radical (unpaired) electrons. The van der Waals surface area contributed by atoms with Crippen molar-refractivity contribution in [2.24, 2.45) is 0 Å². The van der Waals surface area contributed by atoms with Gasteiger partial charge in [-0.25, -0.2) is 9.59 Å². The van der Waals surface area contributed by atoms with Gasteiger partial charge >= 0.3 is 11.9 Å². The lowest BCUT2D eigenvalue weighted by atomic mass is 10.2. The summed E-state index contributed by atoms with van der Waals surface area (Å²) < 4.78 is 10.3. The Hall–Kier alpha value is -2.33. The molecule has 0 N–H and O–H groups in total. The van der Waals surface area contributed by atoms with Gasteiger partial charge in [0.2, 0.25) is 0 Å². The number of ether oxygens (including phenoxy) is 2. The van der Waals surface area contributed by atoms with Crippen LogP contribution in [0.5, 0.6) is 5.75 Å². The van der Waals surface area contributed by atoms with Crippen molar-refractivity contribution in [1.82, 2.24) is 0 Å². The number of hydrogen-bond donors (Lipinski definition) is 0. The molecule has 0 fully saturated rings. The molecule has 0 bridgehead atoms. The SMILES string of the molecule is CCCCOC(=O)c1ccc(OC(=O)c2cccc(Cl)c2)cc1. The molecule has 0 spiro atoms. The fraction of sp³-hybridized carbons (Fsp3) is 0.222. The Labute approximate surface area is 140 Å². The summed E-state index contributed by atoms with van der Waals surface area (Å²) in [5.74, 6) is -0.544. The van der Waals surface area contributed by atoms with E-state index in [4.69, 9.17) is 21.1 Å². The van der Waals surface area contributed by atoms with Crippen LogP contribution in [0.25, 0.3) is 0 Å². The van der Waals surface area contributed by atoms with Gasteiger partial charge in [0.1, 0.15) is 5.75 Å². The van der Waals surface area contributed by atoms with Gasteiger partial charge in [0.25, 0.3) is 0 Å². The van der Waals surface area contributed by atoms with E-state index >= 15 is 0 Å². The van der Waals surface area contributed by atoms with Crippen molar-refractivity contribution in [1.29, 1.82) is 0 Å². The van der Waals surface area contributed by atoms with Gasteiger partial charge in [-0.3, -0.25) is 0 Å². The van der Waals surface area contributed by atoms with Crippen LogP contribution < -0.4 is 4.74 Å². The molecule has 2 aromatic carbocycles. The first-order chi connectivity index (χ1) is 11.1. The summed E-state index contributed by atoms with van der Waals surface area (Å²) >= 11 is 5.84. The number of hydrogen-bond acceptors (Lipinski definition) is 4. The number of halogens is 1. The molecule has 0 aromatic heterocycles. The molecule has 0 aliphatic carbocycles. The predicted molar refractivity (Wildman–Crippen MR) is 88.0 cm³/mol. The molecule has 0 aliphatic rings. The molecule has 4 nitrogen and oxygen atoms in total. The molecule has 0 saturated heterocycles. The van der Waals surface area contributed by atoms with Crippen LogP contribution in [-0.4, -0.2) is 18.5 Å². The zero-order valence-electron chi connectivity index (χ0n) is 12.8. The van der Waals surface area contributed by atoms with Crippen LogP contribution >= 0.6 is 11.6 Å². The van der Waals surface area contributed by atoms with Crippen LogP contribution in [0.2, 0.25) is 5.02 Å². The highest BCUT2D eigenvalue weighted by Crippen LogP contribution is 2.17. The van der Waals surface area contributed by atoms with E-state index < -0.39 is 5.97 Å². The molecule has 5 heteroatoms. The van der Waals surface area contributed by atoms with E-state index in [-0.39, 0.29) is 5.97 Å². The van der Waals surface area contributed by atoms with Crippen LogP contribution in [0.15, 0.2) is 48.5 Å². The molecule has 2 aromatic rings. The smallest absolute Gasteiger partial charge is 0.343 e. The summed E-state index contributed by atoms with van der Waals surface area (Å²) in [5, 5.41) is 0.463. The number of unbranched alkanes of at least 4 members (excludes halogenated alkanes) is 1. The largest absolute Gasteiger partial charge is 0.462 e. The Bertz CT molecular complexity index is 680. The lowest BCUT2D eigenvalue weighted by Crippen LogP contribution is -2.09. The second-order valence-corrected chi connectivity index (χ2v) is 5.35. The maximum absolute atomic E-state index is 12.0. The second-order valence-electron chi connectivity index (χ2n) is 4.91. The molecular weight excluding hydrogens is 316 g/mol. The normalized spacial score (nSPS) is 10.2. The van der Waals surface area contributed by atoms with Crippen LogP contribution in [-0.2, 0) is 4.74 Å². The Balaban J connectivity index is 1.97. The summed E-state index contributed by atoms with van der Waals surface area (Å²) in [6, 6.07) is 12.7. The summed E-state index contributed by atoms with van der Waals surface area (Å²) in [6.45, 7) is 2.43. The van der Waals surface area contributed by atoms with E-state index in [1.807, 2.05) is 6.92 Å². The van der Waals surface area contributed by atoms with Gasteiger partial charge in [-0.2, -0.15) is 0 Å². The zero-order chi connectivity index (χ0) is 16.7. The highest BCUT2D eigenvalue weighted by Gasteiger charge is 2.11. The van der Waals surface area contributed by atoms with Gasteiger partial charge in [0.05, 0.1) is 17.7 Å². The first-order valence-electron chi connectivity index (χ1n) is 7.35. The van der Waals surface area contributed by atoms with Gasteiger partial charge in [-0.15, -0.1) is 0 Å². The molecule has 0 heterocycles. The van der Waals surface area contributed by atoms with Crippen LogP contribution in [0, 0.1) is 0 Å². The lowest BCUT2D eigenvalue weighted by molar-refractivity contribution is 0.0499. The van der Waals surface area contributed by atoms with E-state index in [1.165, 1.54) is 6.07 Å². The Morgan fingerprint density at radius 2 is 1.74 bits per heavy atom. The maximum Gasteiger partial charge on any atom is 0.343 e. The van der Waals surface area contributed by atoms with E-state index in [0.717, 1.165) is 12.8 Å². The maximum atomic E-state index is 12.0. The highest BCUT2D eigenvalue weighted by molar-refractivity contribution is 6.30. The van der Waals surface area contributed by atoms with Gasteiger partial charge in [0, 0.05) is 5.02 Å². The average molecular weight is 333 g/mol. The van der Waals surface area contributed by atoms with E-state index in [9.17, 15) is 9.59 Å². The van der Waals surface area contributed by atoms with Gasteiger partial charge in [-0.05, 0) is 48.9 Å². The van der Waals surface area contributed by atoms with Crippen LogP contribution in [0.1, 0.15) is 40.5 Å². The minimum Gasteiger partial charge on any atom is -0.462 e. The molecule has 0 aliphatic heterocycles. The van der Waals surface area contributed by atoms with Gasteiger partial charge in [0.15, 0.2) is 0 Å². The fourth-order valence-electron chi connectivity index (χ4n) is 1.83. The van der Waals surface area contributed by atoms with Crippen molar-refractivity contribution in [3.8, 4) is 5.75 Å². The van der Waals surface area contributed by atoms with Crippen molar-refractivity contribution in [3.05, 3.63) is 64.7 Å². The number of esters is 2. The predicted octanol–water partition coefficient (Wildman–Crippen LogP) is 4.52. The number of benzene rings is 2. The molecule has 0 atom stereocenters. The minimum atomic E-state index is -0.509. The third-order valence-electron chi connectivity index (χ3n) is 3.09. The summed E-state index contributed by atoms with van der Waals surface area (Å²) in [5.41, 5.74) is 0.782. The van der Waals surface area contributed by atoms with Crippen molar-refractivity contribution in [2.45, 2.75) is 19.8 Å². The minimum absolute atomic E-state index is 0.347. The molecule has 120 valence electrons. The van der Waals surface area contributed by atoms with Gasteiger partial charge < -0.3 is 9.47 Å². The first kappa shape index (κ1) is 17.0. The monoisotopic (exact) mass is 332 g/mol. The van der Waals surface area contributed by atoms with Crippen LogP contribution in [0.4, 0.5) is 0 Å². The summed E-state index contributed by atoms with van der Waals surface area (Å²) in [7, 11) is 0. The average Bonchev–Trinajstić information content (AvgIpc) is 2.55. The molecule has 0 saturated carbocycles. The van der Waals surface area contributed by atoms with Crippen molar-refractivity contribution >= 4 is 23.5 Å². The molecule has 2 rings (SSSR count). The lowest BCUT2D eigenvalue weighted by Gasteiger charge is -2.06. The molecule has 0 amide bonds. The third kappa shape index (κ3) is 5.11. The van der Waals surface area contributed by atoms with E-state index in [2.05, 4.69) is 0 Å². The molecule has 0 unspecified atom stereocenters. The molecular formula is C18H17ClO4. The van der Waals surface area contributed by atoms with Crippen molar-refractivity contribution < 1.29 is 19.1 Å². The van der Waals surface area contributed by atoms with Crippen molar-refractivity contribution in [3.63, 3.8) is 0 Å². The second kappa shape index (κ2) is 8.34. The molecule has 23 heavy (non-hydrogen) atoms. The standard InChI is InChI=1S/C18H17ClO4/c1-2-3-11-22-17(20)13-7-9-16(10-8-13)23-18(21)14-5-4-6-15(19)12-14/h4-10,12H,2-3,11H2,1H3. The Kier molecular flexibility index (Phi) is 6.18. The number of rotatable bonds is 6. The van der Waals surface area contributed by atoms with Gasteiger partial charge in [-0.1, -0.05) is 31.0 Å². The fourth-order valence-corrected chi connectivity index (χ4v) is 2.02. The Morgan fingerprint density at radius 1 is 1.00 bits per heavy atom. The summed E-state index contributed by atoms with van der Waals surface area (Å²) in [4.78, 5) is 23.8. The number of carbonyl (C=O) groups excluding carboxylic acids is 2. The number of carbonyl (C=O) groups is 2. The van der Waals surface area contributed by atoms with Crippen molar-refractivity contribution in [2.75, 3.05) is 6.61 Å². The highest BCUT2D eigenvalue weighted by atomic mass is 35.5. The van der Waals surface area contributed by atoms with E-state index in [1.54, 1.807) is 42.5 Å². The quantitative estimate of drug-likeness (QED) is 0.443. The summed E-state index contributed by atoms with van der Waals surface area (Å²) in [6.07, 6.45) is 1.80. The zero-order valence-corrected chi connectivity index (χ0v) is 13.5. The first-order valence-corrected chi connectivity index (χ1v) is 7.73. The third-order valence-corrected chi connectivity index (χ3v) is 3.33. The van der Waals surface area contributed by atoms with Crippen LogP contribution in [0.3, 0.4) is 0 Å².